The van der Waals surface area contributed by atoms with Gasteiger partial charge in [0, 0.05) is 29.6 Å². The van der Waals surface area contributed by atoms with Crippen molar-refractivity contribution in [1.82, 2.24) is 19.5 Å². The molecule has 9 nitrogen and oxygen atoms in total. The third-order valence-corrected chi connectivity index (χ3v) is 7.51. The lowest BCUT2D eigenvalue weighted by molar-refractivity contribution is 0.0729. The fraction of sp³-hybridized carbons (Fsp3) is 0.167. The van der Waals surface area contributed by atoms with Gasteiger partial charge in [-0.15, -0.1) is 14.6 Å². The predicted octanol–water partition coefficient (Wildman–Crippen LogP) is 3.27. The Morgan fingerprint density at radius 2 is 1.76 bits per heavy atom. The molecule has 2 aromatic carbocycles. The van der Waals surface area contributed by atoms with Crippen molar-refractivity contribution in [2.45, 2.75) is 23.8 Å². The monoisotopic (exact) mass is 472 g/mol. The average Bonchev–Trinajstić information content (AvgIpc) is 3.56. The van der Waals surface area contributed by atoms with E-state index < -0.39 is 10.0 Å². The normalized spacial score (nSPS) is 18.6. The van der Waals surface area contributed by atoms with Gasteiger partial charge in [0.2, 0.25) is 0 Å². The fourth-order valence-electron chi connectivity index (χ4n) is 4.56. The van der Waals surface area contributed by atoms with Gasteiger partial charge in [-0.25, -0.2) is 0 Å². The summed E-state index contributed by atoms with van der Waals surface area (Å²) in [6, 6.07) is 19.2. The van der Waals surface area contributed by atoms with Gasteiger partial charge in [-0.2, -0.15) is 8.42 Å². The Balaban J connectivity index is 1.23. The Morgan fingerprint density at radius 3 is 2.62 bits per heavy atom. The molecule has 1 fully saturated rings. The molecule has 34 heavy (non-hydrogen) atoms. The summed E-state index contributed by atoms with van der Waals surface area (Å²) in [7, 11) is -3.70. The number of anilines is 1. The van der Waals surface area contributed by atoms with E-state index in [0.29, 0.717) is 23.4 Å². The van der Waals surface area contributed by atoms with Crippen molar-refractivity contribution in [3.05, 3.63) is 89.9 Å². The number of hydrogen-bond donors (Lipinski definition) is 1. The van der Waals surface area contributed by atoms with Gasteiger partial charge >= 0.3 is 0 Å². The van der Waals surface area contributed by atoms with Gasteiger partial charge in [-0.05, 0) is 61.4 Å². The van der Waals surface area contributed by atoms with Gasteiger partial charge in [0.25, 0.3) is 15.9 Å². The maximum atomic E-state index is 13.3. The van der Waals surface area contributed by atoms with Gasteiger partial charge < -0.3 is 10.2 Å². The van der Waals surface area contributed by atoms with Crippen LogP contribution in [0.3, 0.4) is 0 Å². The third kappa shape index (κ3) is 3.34. The summed E-state index contributed by atoms with van der Waals surface area (Å²) in [6.45, 7) is 0.650. The summed E-state index contributed by atoms with van der Waals surface area (Å²) in [6.07, 6.45) is 3.64. The molecular weight excluding hydrogens is 452 g/mol. The molecular formula is C24H20N6O3S. The second-order valence-corrected chi connectivity index (χ2v) is 9.83. The number of benzene rings is 2. The highest BCUT2D eigenvalue weighted by atomic mass is 32.2. The summed E-state index contributed by atoms with van der Waals surface area (Å²) in [5, 5.41) is 11.6. The smallest absolute Gasteiger partial charge is 0.285 e. The number of amidine groups is 1. The molecule has 0 unspecified atom stereocenters. The first kappa shape index (κ1) is 20.5. The maximum Gasteiger partial charge on any atom is 0.285 e. The number of sulfonamides is 1. The van der Waals surface area contributed by atoms with E-state index in [1.54, 1.807) is 42.5 Å². The minimum absolute atomic E-state index is 0.0761. The van der Waals surface area contributed by atoms with Crippen molar-refractivity contribution >= 4 is 33.1 Å². The van der Waals surface area contributed by atoms with Crippen molar-refractivity contribution in [3.63, 3.8) is 0 Å². The van der Waals surface area contributed by atoms with E-state index in [2.05, 4.69) is 19.9 Å². The summed E-state index contributed by atoms with van der Waals surface area (Å²) < 4.78 is 30.3. The van der Waals surface area contributed by atoms with Gasteiger partial charge in [-0.3, -0.25) is 9.20 Å². The molecule has 1 saturated heterocycles. The minimum atomic E-state index is -3.70. The number of nitrogens with zero attached hydrogens (tertiary/aromatic N) is 5. The highest BCUT2D eigenvalue weighted by Gasteiger charge is 2.34. The summed E-state index contributed by atoms with van der Waals surface area (Å²) in [5.41, 5.74) is 2.48. The van der Waals surface area contributed by atoms with E-state index in [4.69, 9.17) is 0 Å². The lowest BCUT2D eigenvalue weighted by Crippen LogP contribution is -2.31. The van der Waals surface area contributed by atoms with Crippen LogP contribution in [0.25, 0.3) is 5.65 Å². The summed E-state index contributed by atoms with van der Waals surface area (Å²) in [5.74, 6) is 0.958. The molecule has 0 saturated carbocycles. The number of likely N-dealkylation sites (tertiary alicyclic amines) is 1. The maximum absolute atomic E-state index is 13.3. The number of aromatic nitrogens is 3. The van der Waals surface area contributed by atoms with Gasteiger partial charge in [0.15, 0.2) is 17.3 Å². The van der Waals surface area contributed by atoms with E-state index in [-0.39, 0.29) is 22.7 Å². The molecule has 4 heterocycles. The lowest BCUT2D eigenvalue weighted by Gasteiger charge is -2.23. The zero-order valence-electron chi connectivity index (χ0n) is 18.0. The van der Waals surface area contributed by atoms with Crippen LogP contribution in [0, 0.1) is 0 Å². The van der Waals surface area contributed by atoms with Gasteiger partial charge in [-0.1, -0.05) is 18.2 Å². The minimum Gasteiger partial charge on any atom is -0.339 e. The highest BCUT2D eigenvalue weighted by molar-refractivity contribution is 7.90. The van der Waals surface area contributed by atoms with Gasteiger partial charge in [0.05, 0.1) is 6.04 Å². The second kappa shape index (κ2) is 7.77. The van der Waals surface area contributed by atoms with Crippen LogP contribution < -0.4 is 5.32 Å². The molecule has 2 aliphatic rings. The molecule has 1 amide bonds. The topological polar surface area (TPSA) is 109 Å². The van der Waals surface area contributed by atoms with Crippen LogP contribution in [-0.2, 0) is 10.0 Å². The Kier molecular flexibility index (Phi) is 4.70. The molecule has 2 aromatic heterocycles. The molecule has 170 valence electrons. The Bertz CT molecular complexity index is 1560. The first-order valence-electron chi connectivity index (χ1n) is 10.9. The van der Waals surface area contributed by atoms with Crippen molar-refractivity contribution in [2.24, 2.45) is 4.40 Å². The molecule has 0 aliphatic carbocycles. The van der Waals surface area contributed by atoms with Crippen LogP contribution in [0.1, 0.15) is 40.6 Å². The number of carbonyl (C=O) groups is 1. The van der Waals surface area contributed by atoms with E-state index in [0.717, 1.165) is 24.3 Å². The van der Waals surface area contributed by atoms with E-state index >= 15 is 0 Å². The molecule has 10 heteroatoms. The molecule has 0 bridgehead atoms. The molecule has 6 rings (SSSR count). The van der Waals surface area contributed by atoms with Crippen LogP contribution in [0.5, 0.6) is 0 Å². The van der Waals surface area contributed by atoms with Gasteiger partial charge in [0.1, 0.15) is 4.90 Å². The second-order valence-electron chi connectivity index (χ2n) is 8.26. The van der Waals surface area contributed by atoms with Crippen molar-refractivity contribution in [1.29, 1.82) is 0 Å². The van der Waals surface area contributed by atoms with Crippen molar-refractivity contribution in [3.8, 4) is 0 Å². The zero-order chi connectivity index (χ0) is 23.3. The Labute approximate surface area is 195 Å². The quantitative estimate of drug-likeness (QED) is 0.490. The Hall–Kier alpha value is -4.05. The molecule has 1 atom stereocenters. The van der Waals surface area contributed by atoms with Crippen LogP contribution in [0.15, 0.2) is 82.2 Å². The average molecular weight is 473 g/mol. The predicted molar refractivity (Wildman–Crippen MR) is 126 cm³/mol. The van der Waals surface area contributed by atoms with Crippen LogP contribution in [0.4, 0.5) is 5.69 Å². The molecule has 0 spiro atoms. The van der Waals surface area contributed by atoms with Crippen molar-refractivity contribution < 1.29 is 13.2 Å². The van der Waals surface area contributed by atoms with Crippen LogP contribution in [-0.4, -0.2) is 46.2 Å². The number of carbonyl (C=O) groups excluding carboxylic acids is 1. The zero-order valence-corrected chi connectivity index (χ0v) is 18.8. The number of rotatable bonds is 3. The van der Waals surface area contributed by atoms with Crippen molar-refractivity contribution in [2.75, 3.05) is 11.9 Å². The number of nitrogens with one attached hydrogen (secondary N) is 1. The number of fused-ring (bicyclic) bond motifs is 2. The largest absolute Gasteiger partial charge is 0.339 e. The fourth-order valence-corrected chi connectivity index (χ4v) is 5.74. The molecule has 0 radical (unpaired) electrons. The Morgan fingerprint density at radius 1 is 0.971 bits per heavy atom. The number of pyridine rings is 1. The van der Waals surface area contributed by atoms with Crippen LogP contribution in [0.2, 0.25) is 0 Å². The first-order valence-corrected chi connectivity index (χ1v) is 12.4. The van der Waals surface area contributed by atoms with E-state index in [9.17, 15) is 13.2 Å². The highest BCUT2D eigenvalue weighted by Crippen LogP contribution is 2.33. The summed E-state index contributed by atoms with van der Waals surface area (Å²) >= 11 is 0. The third-order valence-electron chi connectivity index (χ3n) is 6.18. The van der Waals surface area contributed by atoms with E-state index in [1.165, 1.54) is 6.07 Å². The molecule has 2 aliphatic heterocycles. The standard InChI is InChI=1S/C24H20N6O3S/c31-24(29-15-5-7-19(29)23-27-26-21-9-3-4-14-30(21)23)16-10-12-17(13-11-16)25-22-18-6-1-2-8-20(18)34(32,33)28-22/h1-4,6,8-14,19H,5,7,15H2,(H,25,28)/t19-/m0/s1. The molecule has 1 N–H and O–H groups in total. The SMILES string of the molecule is O=C(c1ccc(NC2=NS(=O)(=O)c3ccccc32)cc1)N1CCC[C@H]1c1nnc2ccccn12. The first-order chi connectivity index (χ1) is 16.5. The number of hydrogen-bond acceptors (Lipinski definition) is 6. The lowest BCUT2D eigenvalue weighted by atomic mass is 10.1. The molecule has 4 aromatic rings. The number of amides is 1. The van der Waals surface area contributed by atoms with E-state index in [1.807, 2.05) is 33.7 Å². The summed E-state index contributed by atoms with van der Waals surface area (Å²) in [4.78, 5) is 15.4. The van der Waals surface area contributed by atoms with Crippen LogP contribution >= 0.6 is 0 Å².